The Morgan fingerprint density at radius 1 is 1.13 bits per heavy atom. The molecule has 0 radical (unpaired) electrons. The number of rotatable bonds is 0. The van der Waals surface area contributed by atoms with E-state index in [1.54, 1.807) is 24.3 Å². The van der Waals surface area contributed by atoms with Crippen molar-refractivity contribution in [2.45, 2.75) is 7.04 Å². The third kappa shape index (κ3) is 2.07. The first-order chi connectivity index (χ1) is 6.82. The Hall–Kier alpha value is 0.280. The van der Waals surface area contributed by atoms with E-state index in [-0.39, 0.29) is 4.90 Å². The zero-order valence-electron chi connectivity index (χ0n) is 7.12. The number of alkyl halides is 3. The van der Waals surface area contributed by atoms with E-state index in [1.807, 2.05) is 0 Å². The molecule has 1 aliphatic heterocycles. The third-order valence-electron chi connectivity index (χ3n) is 1.90. The van der Waals surface area contributed by atoms with E-state index >= 15 is 0 Å². The van der Waals surface area contributed by atoms with Gasteiger partial charge in [-0.1, -0.05) is 66.0 Å². The molecule has 2 rings (SSSR count). The minimum atomic E-state index is -3.54. The zero-order valence-corrected chi connectivity index (χ0v) is 12.7. The first kappa shape index (κ1) is 11.8. The second kappa shape index (κ2) is 3.65. The molecule has 3 nitrogen and oxygen atoms in total. The average Bonchev–Trinajstić information content (AvgIpc) is 2.39. The molecule has 0 unspecified atom stereocenters. The number of benzene rings is 1. The summed E-state index contributed by atoms with van der Waals surface area (Å²) >= 11 is 9.79. The molecule has 0 aliphatic carbocycles. The molecule has 7 heteroatoms. The lowest BCUT2D eigenvalue weighted by Crippen LogP contribution is -2.16. The fourth-order valence-electron chi connectivity index (χ4n) is 1.31. The number of nitrogens with zero attached hydrogens (tertiary/aromatic N) is 1. The van der Waals surface area contributed by atoms with Gasteiger partial charge in [-0.15, -0.1) is 0 Å². The van der Waals surface area contributed by atoms with E-state index in [0.29, 0.717) is 11.3 Å². The van der Waals surface area contributed by atoms with Crippen molar-refractivity contribution in [2.24, 2.45) is 4.40 Å². The van der Waals surface area contributed by atoms with Gasteiger partial charge in [0, 0.05) is 5.56 Å². The molecule has 15 heavy (non-hydrogen) atoms. The maximum atomic E-state index is 11.7. The molecule has 1 aromatic carbocycles. The summed E-state index contributed by atoms with van der Waals surface area (Å²) in [6, 6.07) is 6.71. The predicted octanol–water partition coefficient (Wildman–Crippen LogP) is 3.02. The molecule has 0 saturated heterocycles. The summed E-state index contributed by atoms with van der Waals surface area (Å²) in [5.74, 6) is 0. The maximum Gasteiger partial charge on any atom is 0.283 e. The van der Waals surface area contributed by atoms with Crippen LogP contribution in [0.4, 0.5) is 0 Å². The van der Waals surface area contributed by atoms with Crippen LogP contribution < -0.4 is 0 Å². The van der Waals surface area contributed by atoms with Crippen molar-refractivity contribution in [3.63, 3.8) is 0 Å². The minimum absolute atomic E-state index is 0.239. The number of fused-ring (bicyclic) bond motifs is 1. The Kier molecular flexibility index (Phi) is 2.86. The van der Waals surface area contributed by atoms with Crippen molar-refractivity contribution in [3.05, 3.63) is 29.8 Å². The Balaban J connectivity index is 2.75. The third-order valence-corrected chi connectivity index (χ3v) is 4.36. The van der Waals surface area contributed by atoms with Crippen LogP contribution in [0.3, 0.4) is 0 Å². The molecule has 0 bridgehead atoms. The van der Waals surface area contributed by atoms with Gasteiger partial charge in [0.05, 0.1) is 4.90 Å². The molecule has 80 valence electrons. The van der Waals surface area contributed by atoms with Crippen molar-refractivity contribution >= 4 is 63.5 Å². The standard InChI is InChI=1S/C8H4Br3NO2S/c9-8(10,11)7-5-3-1-2-4-6(5)15(13,14)12-7/h1-4H. The van der Waals surface area contributed by atoms with Crippen LogP contribution in [0.2, 0.25) is 0 Å². The number of sulfonamides is 1. The summed E-state index contributed by atoms with van der Waals surface area (Å²) in [7, 11) is -3.54. The van der Waals surface area contributed by atoms with Gasteiger partial charge in [0.15, 0.2) is 2.14 Å². The highest BCUT2D eigenvalue weighted by Crippen LogP contribution is 2.42. The summed E-state index contributed by atoms with van der Waals surface area (Å²) in [5.41, 5.74) is 1.00. The molecular formula is C8H4Br3NO2S. The van der Waals surface area contributed by atoms with Crippen LogP contribution in [0, 0.1) is 0 Å². The molecule has 0 spiro atoms. The molecule has 0 amide bonds. The fraction of sp³-hybridized carbons (Fsp3) is 0.125. The van der Waals surface area contributed by atoms with Gasteiger partial charge in [-0.2, -0.15) is 12.8 Å². The predicted molar refractivity (Wildman–Crippen MR) is 69.7 cm³/mol. The molecule has 0 aromatic heterocycles. The van der Waals surface area contributed by atoms with E-state index in [1.165, 1.54) is 0 Å². The van der Waals surface area contributed by atoms with Crippen LogP contribution in [0.5, 0.6) is 0 Å². The highest BCUT2D eigenvalue weighted by atomic mass is 80.0. The Labute approximate surface area is 112 Å². The van der Waals surface area contributed by atoms with Crippen LogP contribution >= 0.6 is 47.8 Å². The lowest BCUT2D eigenvalue weighted by molar-refractivity contribution is 0.599. The topological polar surface area (TPSA) is 46.5 Å². The Bertz CT molecular complexity index is 545. The summed E-state index contributed by atoms with van der Waals surface area (Å²) in [6.07, 6.45) is 0. The van der Waals surface area contributed by atoms with E-state index in [9.17, 15) is 8.42 Å². The first-order valence-electron chi connectivity index (χ1n) is 3.84. The summed E-state index contributed by atoms with van der Waals surface area (Å²) < 4.78 is 26.2. The van der Waals surface area contributed by atoms with Gasteiger partial charge in [-0.3, -0.25) is 0 Å². The number of halogens is 3. The molecule has 0 atom stereocenters. The van der Waals surface area contributed by atoms with E-state index < -0.39 is 12.2 Å². The van der Waals surface area contributed by atoms with Crippen molar-refractivity contribution in [3.8, 4) is 0 Å². The SMILES string of the molecule is O=S1(=O)N=C(C(Br)(Br)Br)c2ccccc21. The van der Waals surface area contributed by atoms with Crippen molar-refractivity contribution in [1.29, 1.82) is 0 Å². The maximum absolute atomic E-state index is 11.7. The van der Waals surface area contributed by atoms with E-state index in [0.717, 1.165) is 0 Å². The zero-order chi connectivity index (χ0) is 11.3. The molecule has 1 aliphatic rings. The van der Waals surface area contributed by atoms with Crippen molar-refractivity contribution in [1.82, 2.24) is 0 Å². The number of hydrogen-bond acceptors (Lipinski definition) is 2. The Morgan fingerprint density at radius 3 is 2.33 bits per heavy atom. The summed E-state index contributed by atoms with van der Waals surface area (Å²) in [5, 5.41) is 0. The van der Waals surface area contributed by atoms with Gasteiger partial charge in [0.1, 0.15) is 5.71 Å². The molecule has 0 fully saturated rings. The van der Waals surface area contributed by atoms with Crippen molar-refractivity contribution < 1.29 is 8.42 Å². The molecule has 1 aromatic rings. The number of hydrogen-bond donors (Lipinski definition) is 0. The van der Waals surface area contributed by atoms with Gasteiger partial charge in [0.2, 0.25) is 0 Å². The summed E-state index contributed by atoms with van der Waals surface area (Å²) in [6.45, 7) is 0. The fourth-order valence-corrected chi connectivity index (χ4v) is 3.84. The van der Waals surface area contributed by atoms with Crippen LogP contribution in [0.25, 0.3) is 0 Å². The molecule has 1 heterocycles. The van der Waals surface area contributed by atoms with Gasteiger partial charge in [0.25, 0.3) is 10.0 Å². The molecule has 0 saturated carbocycles. The van der Waals surface area contributed by atoms with Crippen LogP contribution in [0.1, 0.15) is 5.56 Å². The largest absolute Gasteiger partial charge is 0.283 e. The second-order valence-electron chi connectivity index (χ2n) is 2.91. The van der Waals surface area contributed by atoms with E-state index in [4.69, 9.17) is 0 Å². The van der Waals surface area contributed by atoms with Crippen LogP contribution in [-0.2, 0) is 10.0 Å². The second-order valence-corrected chi connectivity index (χ2v) is 11.2. The Morgan fingerprint density at radius 2 is 1.73 bits per heavy atom. The minimum Gasteiger partial charge on any atom is -0.199 e. The lowest BCUT2D eigenvalue weighted by Gasteiger charge is -2.11. The van der Waals surface area contributed by atoms with E-state index in [2.05, 4.69) is 52.2 Å². The average molecular weight is 418 g/mol. The van der Waals surface area contributed by atoms with Gasteiger partial charge >= 0.3 is 0 Å². The first-order valence-corrected chi connectivity index (χ1v) is 7.66. The van der Waals surface area contributed by atoms with Crippen molar-refractivity contribution in [2.75, 3.05) is 0 Å². The highest BCUT2D eigenvalue weighted by molar-refractivity contribution is 9.40. The van der Waals surface area contributed by atoms with Crippen LogP contribution in [-0.4, -0.2) is 16.3 Å². The quantitative estimate of drug-likeness (QED) is 0.609. The van der Waals surface area contributed by atoms with Gasteiger partial charge < -0.3 is 0 Å². The lowest BCUT2D eigenvalue weighted by atomic mass is 10.1. The monoisotopic (exact) mass is 415 g/mol. The molecule has 0 N–H and O–H groups in total. The van der Waals surface area contributed by atoms with Gasteiger partial charge in [-0.25, -0.2) is 0 Å². The summed E-state index contributed by atoms with van der Waals surface area (Å²) in [4.78, 5) is 0.239. The highest BCUT2D eigenvalue weighted by Gasteiger charge is 2.38. The smallest absolute Gasteiger partial charge is 0.199 e. The van der Waals surface area contributed by atoms with Gasteiger partial charge in [-0.05, 0) is 6.07 Å². The molecular weight excluding hydrogens is 414 g/mol. The normalized spacial score (nSPS) is 18.5. The van der Waals surface area contributed by atoms with Crippen LogP contribution in [0.15, 0.2) is 33.6 Å².